The molecule has 118 valence electrons. The molecule has 2 N–H and O–H groups in total. The summed E-state index contributed by atoms with van der Waals surface area (Å²) in [5, 5.41) is 0. The predicted molar refractivity (Wildman–Crippen MR) is 91.7 cm³/mol. The van der Waals surface area contributed by atoms with Gasteiger partial charge in [0.05, 0.1) is 0 Å². The summed E-state index contributed by atoms with van der Waals surface area (Å²) in [5.41, 5.74) is 8.64. The van der Waals surface area contributed by atoms with Gasteiger partial charge in [0.15, 0.2) is 0 Å². The van der Waals surface area contributed by atoms with Gasteiger partial charge in [0, 0.05) is 31.9 Å². The summed E-state index contributed by atoms with van der Waals surface area (Å²) < 4.78 is 0. The molecule has 0 aromatic heterocycles. The van der Waals surface area contributed by atoms with Gasteiger partial charge in [-0.15, -0.1) is 0 Å². The van der Waals surface area contributed by atoms with Gasteiger partial charge in [-0.1, -0.05) is 25.0 Å². The van der Waals surface area contributed by atoms with Gasteiger partial charge in [0.25, 0.3) is 0 Å². The maximum atomic E-state index is 5.99. The van der Waals surface area contributed by atoms with E-state index < -0.39 is 0 Å². The van der Waals surface area contributed by atoms with E-state index in [1.165, 1.54) is 36.9 Å². The van der Waals surface area contributed by atoms with Crippen molar-refractivity contribution in [1.82, 2.24) is 4.90 Å². The Morgan fingerprint density at radius 3 is 2.29 bits per heavy atom. The van der Waals surface area contributed by atoms with Crippen LogP contribution in [0.5, 0.6) is 0 Å². The summed E-state index contributed by atoms with van der Waals surface area (Å²) >= 11 is 0. The largest absolute Gasteiger partial charge is 0.378 e. The molecule has 0 spiro atoms. The van der Waals surface area contributed by atoms with Gasteiger partial charge in [-0.05, 0) is 57.0 Å². The Labute approximate surface area is 130 Å². The second-order valence-electron chi connectivity index (χ2n) is 6.67. The molecule has 3 nitrogen and oxygen atoms in total. The first-order chi connectivity index (χ1) is 10.0. The highest BCUT2D eigenvalue weighted by molar-refractivity contribution is 5.46. The lowest BCUT2D eigenvalue weighted by atomic mass is 9.83. The molecule has 0 amide bonds. The Bertz CT molecular complexity index is 427. The Balaban J connectivity index is 2.08. The van der Waals surface area contributed by atoms with E-state index in [1.54, 1.807) is 0 Å². The van der Waals surface area contributed by atoms with Crippen molar-refractivity contribution >= 4 is 5.69 Å². The van der Waals surface area contributed by atoms with Crippen LogP contribution in [0.25, 0.3) is 0 Å². The standard InChI is InChI=1S/C18H31N3/c1-14(15-9-11-17(12-10-15)20(2)3)21(4)18-8-6-5-7-16(18)13-19/h9-12,14,16,18H,5-8,13,19H2,1-4H3. The molecule has 1 aliphatic carbocycles. The van der Waals surface area contributed by atoms with Crippen molar-refractivity contribution in [3.05, 3.63) is 29.8 Å². The van der Waals surface area contributed by atoms with E-state index in [1.807, 2.05) is 0 Å². The molecular formula is C18H31N3. The Hall–Kier alpha value is -1.06. The summed E-state index contributed by atoms with van der Waals surface area (Å²) in [6.07, 6.45) is 5.27. The van der Waals surface area contributed by atoms with Gasteiger partial charge in [-0.25, -0.2) is 0 Å². The van der Waals surface area contributed by atoms with Crippen molar-refractivity contribution in [2.75, 3.05) is 32.6 Å². The molecule has 1 saturated carbocycles. The highest BCUT2D eigenvalue weighted by Crippen LogP contribution is 2.32. The lowest BCUT2D eigenvalue weighted by Gasteiger charge is -2.40. The molecule has 3 atom stereocenters. The van der Waals surface area contributed by atoms with Crippen molar-refractivity contribution in [2.24, 2.45) is 11.7 Å². The molecule has 2 rings (SSSR count). The lowest BCUT2D eigenvalue weighted by Crippen LogP contribution is -2.44. The van der Waals surface area contributed by atoms with E-state index >= 15 is 0 Å². The molecule has 0 radical (unpaired) electrons. The molecule has 0 saturated heterocycles. The van der Waals surface area contributed by atoms with E-state index in [4.69, 9.17) is 5.73 Å². The Morgan fingerprint density at radius 2 is 1.71 bits per heavy atom. The molecule has 1 fully saturated rings. The third kappa shape index (κ3) is 3.78. The van der Waals surface area contributed by atoms with Gasteiger partial charge in [-0.3, -0.25) is 4.90 Å². The molecule has 0 bridgehead atoms. The topological polar surface area (TPSA) is 32.5 Å². The van der Waals surface area contributed by atoms with Crippen molar-refractivity contribution in [3.8, 4) is 0 Å². The fraction of sp³-hybridized carbons (Fsp3) is 0.667. The molecule has 21 heavy (non-hydrogen) atoms. The van der Waals surface area contributed by atoms with Crippen molar-refractivity contribution in [2.45, 2.75) is 44.7 Å². The van der Waals surface area contributed by atoms with Gasteiger partial charge < -0.3 is 10.6 Å². The third-order valence-corrected chi connectivity index (χ3v) is 5.20. The second kappa shape index (κ2) is 7.28. The van der Waals surface area contributed by atoms with E-state index in [0.717, 1.165) is 6.54 Å². The van der Waals surface area contributed by atoms with Crippen LogP contribution in [0.2, 0.25) is 0 Å². The zero-order valence-electron chi connectivity index (χ0n) is 14.0. The molecule has 1 aromatic rings. The van der Waals surface area contributed by atoms with E-state index in [0.29, 0.717) is 18.0 Å². The number of rotatable bonds is 5. The van der Waals surface area contributed by atoms with Crippen LogP contribution in [0.15, 0.2) is 24.3 Å². The van der Waals surface area contributed by atoms with Crippen LogP contribution in [0, 0.1) is 5.92 Å². The van der Waals surface area contributed by atoms with Crippen LogP contribution in [0.3, 0.4) is 0 Å². The highest BCUT2D eigenvalue weighted by atomic mass is 15.2. The van der Waals surface area contributed by atoms with E-state index in [-0.39, 0.29) is 0 Å². The first-order valence-corrected chi connectivity index (χ1v) is 8.24. The zero-order valence-corrected chi connectivity index (χ0v) is 14.0. The van der Waals surface area contributed by atoms with Gasteiger partial charge in [-0.2, -0.15) is 0 Å². The third-order valence-electron chi connectivity index (χ3n) is 5.20. The fourth-order valence-corrected chi connectivity index (χ4v) is 3.57. The van der Waals surface area contributed by atoms with Gasteiger partial charge in [0.2, 0.25) is 0 Å². The van der Waals surface area contributed by atoms with Gasteiger partial charge >= 0.3 is 0 Å². The lowest BCUT2D eigenvalue weighted by molar-refractivity contribution is 0.0989. The Morgan fingerprint density at radius 1 is 1.10 bits per heavy atom. The number of hydrogen-bond acceptors (Lipinski definition) is 3. The molecule has 0 aliphatic heterocycles. The summed E-state index contributed by atoms with van der Waals surface area (Å²) in [5.74, 6) is 0.659. The van der Waals surface area contributed by atoms with Crippen LogP contribution in [0.1, 0.15) is 44.2 Å². The molecule has 3 heteroatoms. The summed E-state index contributed by atoms with van der Waals surface area (Å²) in [6, 6.07) is 10.0. The number of nitrogens with zero attached hydrogens (tertiary/aromatic N) is 2. The van der Waals surface area contributed by atoms with Crippen LogP contribution in [-0.2, 0) is 0 Å². The van der Waals surface area contributed by atoms with Crippen LogP contribution >= 0.6 is 0 Å². The first-order valence-electron chi connectivity index (χ1n) is 8.24. The fourth-order valence-electron chi connectivity index (χ4n) is 3.57. The van der Waals surface area contributed by atoms with Crippen LogP contribution < -0.4 is 10.6 Å². The summed E-state index contributed by atoms with van der Waals surface area (Å²) in [7, 11) is 6.43. The number of benzene rings is 1. The monoisotopic (exact) mass is 289 g/mol. The van der Waals surface area contributed by atoms with E-state index in [2.05, 4.69) is 62.1 Å². The van der Waals surface area contributed by atoms with Crippen molar-refractivity contribution in [1.29, 1.82) is 0 Å². The van der Waals surface area contributed by atoms with E-state index in [9.17, 15) is 0 Å². The van der Waals surface area contributed by atoms with Crippen LogP contribution in [-0.4, -0.2) is 38.6 Å². The minimum atomic E-state index is 0.443. The molecule has 0 heterocycles. The number of anilines is 1. The zero-order chi connectivity index (χ0) is 15.4. The van der Waals surface area contributed by atoms with Crippen molar-refractivity contribution in [3.63, 3.8) is 0 Å². The van der Waals surface area contributed by atoms with Crippen molar-refractivity contribution < 1.29 is 0 Å². The smallest absolute Gasteiger partial charge is 0.0361 e. The Kier molecular flexibility index (Phi) is 5.65. The molecule has 1 aromatic carbocycles. The molecule has 1 aliphatic rings. The second-order valence-corrected chi connectivity index (χ2v) is 6.67. The number of nitrogens with two attached hydrogens (primary N) is 1. The maximum Gasteiger partial charge on any atom is 0.0361 e. The number of hydrogen-bond donors (Lipinski definition) is 1. The van der Waals surface area contributed by atoms with Crippen LogP contribution in [0.4, 0.5) is 5.69 Å². The summed E-state index contributed by atoms with van der Waals surface area (Å²) in [6.45, 7) is 3.13. The predicted octanol–water partition coefficient (Wildman–Crippen LogP) is 3.26. The SMILES string of the molecule is CC(c1ccc(N(C)C)cc1)N(C)C1CCCCC1CN. The highest BCUT2D eigenvalue weighted by Gasteiger charge is 2.29. The summed E-state index contributed by atoms with van der Waals surface area (Å²) in [4.78, 5) is 4.69. The average Bonchev–Trinajstić information content (AvgIpc) is 2.53. The minimum absolute atomic E-state index is 0.443. The minimum Gasteiger partial charge on any atom is -0.378 e. The maximum absolute atomic E-state index is 5.99. The molecule has 3 unspecified atom stereocenters. The normalized spacial score (nSPS) is 24.1. The average molecular weight is 289 g/mol. The van der Waals surface area contributed by atoms with Gasteiger partial charge in [0.1, 0.15) is 0 Å². The first kappa shape index (κ1) is 16.3. The molecular weight excluding hydrogens is 258 g/mol. The quantitative estimate of drug-likeness (QED) is 0.903.